The van der Waals surface area contributed by atoms with Gasteiger partial charge in [0.15, 0.2) is 0 Å². The third kappa shape index (κ3) is 2.68. The van der Waals surface area contributed by atoms with Gasteiger partial charge in [-0.05, 0) is 19.2 Å². The predicted molar refractivity (Wildman–Crippen MR) is 69.5 cm³/mol. The molecule has 0 saturated carbocycles. The molecule has 5 nitrogen and oxygen atoms in total. The molecule has 2 rings (SSSR count). The first-order chi connectivity index (χ1) is 8.74. The standard InChI is InChI=1S/C13H18N4O/c1-14-12(8-10-5-7-17(2)16-10)11-4-6-15-9-13(11)18-3/h4-7,9,12,14H,8H2,1-3H3. The highest BCUT2D eigenvalue weighted by atomic mass is 16.5. The largest absolute Gasteiger partial charge is 0.495 e. The molecule has 2 aromatic rings. The summed E-state index contributed by atoms with van der Waals surface area (Å²) in [4.78, 5) is 4.07. The fourth-order valence-electron chi connectivity index (χ4n) is 2.00. The first-order valence-corrected chi connectivity index (χ1v) is 5.88. The summed E-state index contributed by atoms with van der Waals surface area (Å²) >= 11 is 0. The molecule has 0 aliphatic heterocycles. The summed E-state index contributed by atoms with van der Waals surface area (Å²) in [6.07, 6.45) is 6.28. The van der Waals surface area contributed by atoms with Crippen LogP contribution in [0.5, 0.6) is 5.75 Å². The summed E-state index contributed by atoms with van der Waals surface area (Å²) in [5, 5.41) is 7.69. The summed E-state index contributed by atoms with van der Waals surface area (Å²) in [6.45, 7) is 0. The van der Waals surface area contributed by atoms with Gasteiger partial charge in [-0.25, -0.2) is 0 Å². The van der Waals surface area contributed by atoms with E-state index in [-0.39, 0.29) is 6.04 Å². The van der Waals surface area contributed by atoms with E-state index in [1.54, 1.807) is 19.5 Å². The zero-order valence-electron chi connectivity index (χ0n) is 10.9. The number of ether oxygens (including phenoxy) is 1. The van der Waals surface area contributed by atoms with E-state index >= 15 is 0 Å². The molecule has 2 heterocycles. The minimum atomic E-state index is 0.165. The van der Waals surface area contributed by atoms with Gasteiger partial charge in [-0.1, -0.05) is 0 Å². The van der Waals surface area contributed by atoms with Crippen molar-refractivity contribution in [1.29, 1.82) is 0 Å². The molecule has 0 aliphatic rings. The van der Waals surface area contributed by atoms with E-state index in [1.807, 2.05) is 37.1 Å². The van der Waals surface area contributed by atoms with E-state index in [0.29, 0.717) is 0 Å². The molecule has 0 radical (unpaired) electrons. The Morgan fingerprint density at radius 3 is 2.89 bits per heavy atom. The van der Waals surface area contributed by atoms with Gasteiger partial charge in [0.25, 0.3) is 0 Å². The Bertz CT molecular complexity index is 509. The van der Waals surface area contributed by atoms with Crippen molar-refractivity contribution in [2.24, 2.45) is 7.05 Å². The number of aryl methyl sites for hydroxylation is 1. The number of hydrogen-bond donors (Lipinski definition) is 1. The average molecular weight is 246 g/mol. The Kier molecular flexibility index (Phi) is 3.94. The fourth-order valence-corrected chi connectivity index (χ4v) is 2.00. The van der Waals surface area contributed by atoms with Crippen LogP contribution < -0.4 is 10.1 Å². The van der Waals surface area contributed by atoms with Gasteiger partial charge in [-0.3, -0.25) is 9.67 Å². The molecular weight excluding hydrogens is 228 g/mol. The number of methoxy groups -OCH3 is 1. The summed E-state index contributed by atoms with van der Waals surface area (Å²) in [5.41, 5.74) is 2.15. The molecule has 1 unspecified atom stereocenters. The molecule has 96 valence electrons. The molecule has 5 heteroatoms. The van der Waals surface area contributed by atoms with Crippen LogP contribution in [0, 0.1) is 0 Å². The molecule has 0 amide bonds. The highest BCUT2D eigenvalue weighted by Crippen LogP contribution is 2.25. The smallest absolute Gasteiger partial charge is 0.141 e. The average Bonchev–Trinajstić information content (AvgIpc) is 2.81. The second kappa shape index (κ2) is 5.64. The molecule has 0 fully saturated rings. The first-order valence-electron chi connectivity index (χ1n) is 5.88. The molecular formula is C13H18N4O. The molecule has 18 heavy (non-hydrogen) atoms. The maximum absolute atomic E-state index is 5.34. The monoisotopic (exact) mass is 246 g/mol. The Balaban J connectivity index is 2.22. The van der Waals surface area contributed by atoms with Crippen LogP contribution in [0.1, 0.15) is 17.3 Å². The van der Waals surface area contributed by atoms with Gasteiger partial charge in [0.1, 0.15) is 5.75 Å². The highest BCUT2D eigenvalue weighted by Gasteiger charge is 2.15. The predicted octanol–water partition coefficient (Wildman–Crippen LogP) is 1.33. The number of rotatable bonds is 5. The molecule has 0 aliphatic carbocycles. The zero-order chi connectivity index (χ0) is 13.0. The summed E-state index contributed by atoms with van der Waals surface area (Å²) in [5.74, 6) is 0.799. The van der Waals surface area contributed by atoms with E-state index in [0.717, 1.165) is 23.4 Å². The van der Waals surface area contributed by atoms with Gasteiger partial charge >= 0.3 is 0 Å². The van der Waals surface area contributed by atoms with E-state index in [2.05, 4.69) is 15.4 Å². The number of aromatic nitrogens is 3. The third-order valence-corrected chi connectivity index (χ3v) is 2.94. The van der Waals surface area contributed by atoms with Crippen LogP contribution in [-0.4, -0.2) is 28.9 Å². The van der Waals surface area contributed by atoms with Crippen LogP contribution in [-0.2, 0) is 13.5 Å². The Hall–Kier alpha value is -1.88. The van der Waals surface area contributed by atoms with Gasteiger partial charge < -0.3 is 10.1 Å². The van der Waals surface area contributed by atoms with Gasteiger partial charge in [0.05, 0.1) is 19.0 Å². The fraction of sp³-hybridized carbons (Fsp3) is 0.385. The Morgan fingerprint density at radius 1 is 1.44 bits per heavy atom. The second-order valence-corrected chi connectivity index (χ2v) is 4.14. The molecule has 0 aromatic carbocycles. The Morgan fingerprint density at radius 2 is 2.28 bits per heavy atom. The van der Waals surface area contributed by atoms with E-state index in [9.17, 15) is 0 Å². The van der Waals surface area contributed by atoms with Gasteiger partial charge in [0.2, 0.25) is 0 Å². The zero-order valence-corrected chi connectivity index (χ0v) is 10.9. The molecule has 0 spiro atoms. The van der Waals surface area contributed by atoms with Crippen molar-refractivity contribution in [3.8, 4) is 5.75 Å². The molecule has 1 N–H and O–H groups in total. The SMILES string of the molecule is CNC(Cc1ccn(C)n1)c1ccncc1OC. The molecule has 2 aromatic heterocycles. The van der Waals surface area contributed by atoms with Gasteiger partial charge in [-0.15, -0.1) is 0 Å². The van der Waals surface area contributed by atoms with E-state index in [4.69, 9.17) is 4.74 Å². The van der Waals surface area contributed by atoms with Crippen LogP contribution in [0.3, 0.4) is 0 Å². The lowest BCUT2D eigenvalue weighted by atomic mass is 10.0. The van der Waals surface area contributed by atoms with Crippen molar-refractivity contribution < 1.29 is 4.74 Å². The number of nitrogens with zero attached hydrogens (tertiary/aromatic N) is 3. The van der Waals surface area contributed by atoms with Crippen molar-refractivity contribution in [2.45, 2.75) is 12.5 Å². The number of nitrogens with one attached hydrogen (secondary N) is 1. The van der Waals surface area contributed by atoms with E-state index in [1.165, 1.54) is 0 Å². The molecule has 0 saturated heterocycles. The minimum absolute atomic E-state index is 0.165. The van der Waals surface area contributed by atoms with Crippen molar-refractivity contribution in [1.82, 2.24) is 20.1 Å². The third-order valence-electron chi connectivity index (χ3n) is 2.94. The van der Waals surface area contributed by atoms with Crippen molar-refractivity contribution in [3.63, 3.8) is 0 Å². The van der Waals surface area contributed by atoms with Crippen LogP contribution in [0.15, 0.2) is 30.7 Å². The van der Waals surface area contributed by atoms with Gasteiger partial charge in [-0.2, -0.15) is 5.10 Å². The summed E-state index contributed by atoms with van der Waals surface area (Å²) in [7, 11) is 5.52. The maximum Gasteiger partial charge on any atom is 0.141 e. The number of likely N-dealkylation sites (N-methyl/N-ethyl adjacent to an activating group) is 1. The van der Waals surface area contributed by atoms with Crippen LogP contribution >= 0.6 is 0 Å². The molecule has 0 bridgehead atoms. The second-order valence-electron chi connectivity index (χ2n) is 4.14. The highest BCUT2D eigenvalue weighted by molar-refractivity contribution is 5.33. The summed E-state index contributed by atoms with van der Waals surface area (Å²) < 4.78 is 7.15. The van der Waals surface area contributed by atoms with Crippen LogP contribution in [0.25, 0.3) is 0 Å². The lowest BCUT2D eigenvalue weighted by Crippen LogP contribution is -2.20. The van der Waals surface area contributed by atoms with Crippen LogP contribution in [0.2, 0.25) is 0 Å². The Labute approximate surface area is 107 Å². The first kappa shape index (κ1) is 12.6. The van der Waals surface area contributed by atoms with E-state index < -0.39 is 0 Å². The van der Waals surface area contributed by atoms with Crippen molar-refractivity contribution >= 4 is 0 Å². The van der Waals surface area contributed by atoms with Crippen molar-refractivity contribution in [2.75, 3.05) is 14.2 Å². The van der Waals surface area contributed by atoms with Gasteiger partial charge in [0, 0.05) is 37.5 Å². The number of pyridine rings is 1. The number of hydrogen-bond acceptors (Lipinski definition) is 4. The molecule has 1 atom stereocenters. The maximum atomic E-state index is 5.34. The van der Waals surface area contributed by atoms with Crippen LogP contribution in [0.4, 0.5) is 0 Å². The topological polar surface area (TPSA) is 52.0 Å². The quantitative estimate of drug-likeness (QED) is 0.864. The lowest BCUT2D eigenvalue weighted by Gasteiger charge is -2.17. The normalized spacial score (nSPS) is 12.4. The van der Waals surface area contributed by atoms with Crippen molar-refractivity contribution in [3.05, 3.63) is 42.0 Å². The minimum Gasteiger partial charge on any atom is -0.495 e. The summed E-state index contributed by atoms with van der Waals surface area (Å²) in [6, 6.07) is 4.17. The lowest BCUT2D eigenvalue weighted by molar-refractivity contribution is 0.399.